The van der Waals surface area contributed by atoms with Crippen LogP contribution in [-0.2, 0) is 0 Å². The summed E-state index contributed by atoms with van der Waals surface area (Å²) in [7, 11) is -0.898. The van der Waals surface area contributed by atoms with E-state index in [4.69, 9.17) is 18.9 Å². The van der Waals surface area contributed by atoms with E-state index < -0.39 is 7.92 Å². The Morgan fingerprint density at radius 1 is 0.679 bits per heavy atom. The van der Waals surface area contributed by atoms with Gasteiger partial charge in [-0.3, -0.25) is 0 Å². The van der Waals surface area contributed by atoms with E-state index in [1.807, 2.05) is 70.2 Å². The number of hydrogen-bond donors (Lipinski definition) is 0. The summed E-state index contributed by atoms with van der Waals surface area (Å²) >= 11 is 0. The molecule has 2 rings (SSSR count). The molecule has 152 valence electrons. The molecule has 0 atom stereocenters. The van der Waals surface area contributed by atoms with Crippen LogP contribution in [0.15, 0.2) is 49.1 Å². The molecular formula is C23H31O4P. The summed E-state index contributed by atoms with van der Waals surface area (Å²) in [5.41, 5.74) is 0. The molecule has 0 bridgehead atoms. The lowest BCUT2D eigenvalue weighted by Crippen LogP contribution is -2.22. The highest BCUT2D eigenvalue weighted by Gasteiger charge is 2.28. The Kier molecular flexibility index (Phi) is 9.16. The quantitative estimate of drug-likeness (QED) is 0.374. The first kappa shape index (κ1) is 22.1. The molecule has 2 aromatic rings. The first-order valence-electron chi connectivity index (χ1n) is 9.87. The second-order valence-electron chi connectivity index (χ2n) is 5.84. The van der Waals surface area contributed by atoms with E-state index in [0.29, 0.717) is 26.4 Å². The fourth-order valence-electron chi connectivity index (χ4n) is 3.05. The second kappa shape index (κ2) is 11.6. The Balaban J connectivity index is 2.74. The number of hydrogen-bond acceptors (Lipinski definition) is 4. The van der Waals surface area contributed by atoms with Crippen LogP contribution >= 0.6 is 7.92 Å². The van der Waals surface area contributed by atoms with Gasteiger partial charge in [0.1, 0.15) is 23.0 Å². The van der Waals surface area contributed by atoms with Crippen molar-refractivity contribution in [3.05, 3.63) is 49.1 Å². The SMILES string of the molecule is C=CCP(c1c(OCC)cccc1OCC)c1c(OCC)cccc1OCC. The van der Waals surface area contributed by atoms with Gasteiger partial charge in [-0.05, 0) is 66.0 Å². The van der Waals surface area contributed by atoms with E-state index in [1.54, 1.807) is 0 Å². The molecule has 0 amide bonds. The molecule has 0 saturated heterocycles. The topological polar surface area (TPSA) is 36.9 Å². The maximum Gasteiger partial charge on any atom is 0.131 e. The molecule has 0 spiro atoms. The molecule has 0 aliphatic rings. The molecule has 0 unspecified atom stereocenters. The molecule has 0 aliphatic carbocycles. The first-order chi connectivity index (χ1) is 13.7. The minimum absolute atomic E-state index is 0.589. The zero-order chi connectivity index (χ0) is 20.4. The first-order valence-corrected chi connectivity index (χ1v) is 11.4. The van der Waals surface area contributed by atoms with Gasteiger partial charge >= 0.3 is 0 Å². The third kappa shape index (κ3) is 5.20. The highest BCUT2D eigenvalue weighted by molar-refractivity contribution is 7.74. The van der Waals surface area contributed by atoms with Gasteiger partial charge in [0.15, 0.2) is 0 Å². The van der Waals surface area contributed by atoms with Crippen molar-refractivity contribution in [1.82, 2.24) is 0 Å². The summed E-state index contributed by atoms with van der Waals surface area (Å²) < 4.78 is 24.0. The predicted molar refractivity (Wildman–Crippen MR) is 119 cm³/mol. The third-order valence-corrected chi connectivity index (χ3v) is 6.56. The number of allylic oxidation sites excluding steroid dienone is 1. The molecular weight excluding hydrogens is 371 g/mol. The van der Waals surface area contributed by atoms with Crippen LogP contribution < -0.4 is 29.6 Å². The minimum Gasteiger partial charge on any atom is -0.493 e. The van der Waals surface area contributed by atoms with Crippen molar-refractivity contribution in [2.75, 3.05) is 32.6 Å². The largest absolute Gasteiger partial charge is 0.493 e. The number of rotatable bonds is 12. The van der Waals surface area contributed by atoms with Crippen molar-refractivity contribution in [2.24, 2.45) is 0 Å². The van der Waals surface area contributed by atoms with Gasteiger partial charge in [-0.15, -0.1) is 6.58 Å². The molecule has 0 radical (unpaired) electrons. The predicted octanol–water partition coefficient (Wildman–Crippen LogP) is 4.90. The Morgan fingerprint density at radius 3 is 1.25 bits per heavy atom. The lowest BCUT2D eigenvalue weighted by Gasteiger charge is -2.26. The lowest BCUT2D eigenvalue weighted by molar-refractivity contribution is 0.327. The molecule has 0 fully saturated rings. The molecule has 0 aliphatic heterocycles. The van der Waals surface area contributed by atoms with Crippen LogP contribution in [0.1, 0.15) is 27.7 Å². The average molecular weight is 402 g/mol. The van der Waals surface area contributed by atoms with Crippen LogP contribution in [0.3, 0.4) is 0 Å². The molecule has 28 heavy (non-hydrogen) atoms. The minimum atomic E-state index is -0.898. The van der Waals surface area contributed by atoms with Gasteiger partial charge in [-0.1, -0.05) is 18.2 Å². The fourth-order valence-corrected chi connectivity index (χ4v) is 5.52. The maximum atomic E-state index is 5.99. The van der Waals surface area contributed by atoms with Gasteiger partial charge < -0.3 is 18.9 Å². The van der Waals surface area contributed by atoms with Crippen LogP contribution in [-0.4, -0.2) is 32.6 Å². The van der Waals surface area contributed by atoms with Gasteiger partial charge in [0.2, 0.25) is 0 Å². The molecule has 4 nitrogen and oxygen atoms in total. The van der Waals surface area contributed by atoms with E-state index in [-0.39, 0.29) is 0 Å². The van der Waals surface area contributed by atoms with Crippen LogP contribution in [0, 0.1) is 0 Å². The monoisotopic (exact) mass is 402 g/mol. The highest BCUT2D eigenvalue weighted by Crippen LogP contribution is 2.46. The van der Waals surface area contributed by atoms with Gasteiger partial charge in [-0.25, -0.2) is 0 Å². The summed E-state index contributed by atoms with van der Waals surface area (Å²) in [6.07, 6.45) is 2.71. The van der Waals surface area contributed by atoms with Crippen molar-refractivity contribution in [1.29, 1.82) is 0 Å². The molecule has 5 heteroatoms. The van der Waals surface area contributed by atoms with Crippen molar-refractivity contribution >= 4 is 18.5 Å². The standard InChI is InChI=1S/C23H31O4P/c1-6-17-28(22-18(24-7-2)13-11-14-19(22)25-8-3)23-20(26-9-4)15-12-16-21(23)27-10-5/h6,11-16H,1,7-10,17H2,2-5H3. The van der Waals surface area contributed by atoms with E-state index in [2.05, 4.69) is 6.58 Å². The summed E-state index contributed by atoms with van der Waals surface area (Å²) in [5.74, 6) is 3.37. The number of benzene rings is 2. The highest BCUT2D eigenvalue weighted by atomic mass is 31.1. The summed E-state index contributed by atoms with van der Waals surface area (Å²) in [6.45, 7) is 14.3. The fraction of sp³-hybridized carbons (Fsp3) is 0.391. The van der Waals surface area contributed by atoms with Gasteiger partial charge in [0.25, 0.3) is 0 Å². The molecule has 0 saturated carbocycles. The normalized spacial score (nSPS) is 10.6. The molecule has 0 heterocycles. The summed E-state index contributed by atoms with van der Waals surface area (Å²) in [4.78, 5) is 0. The van der Waals surface area contributed by atoms with Crippen molar-refractivity contribution in [2.45, 2.75) is 27.7 Å². The van der Waals surface area contributed by atoms with E-state index in [1.165, 1.54) is 0 Å². The molecule has 0 aromatic heterocycles. The number of ether oxygens (including phenoxy) is 4. The maximum absolute atomic E-state index is 5.99. The zero-order valence-electron chi connectivity index (χ0n) is 17.4. The van der Waals surface area contributed by atoms with E-state index in [0.717, 1.165) is 39.8 Å². The van der Waals surface area contributed by atoms with Gasteiger partial charge in [-0.2, -0.15) is 0 Å². The Hall–Kier alpha value is -2.19. The summed E-state index contributed by atoms with van der Waals surface area (Å²) in [6, 6.07) is 12.0. The van der Waals surface area contributed by atoms with Crippen LogP contribution in [0.25, 0.3) is 0 Å². The third-order valence-electron chi connectivity index (χ3n) is 3.97. The Bertz CT molecular complexity index is 652. The van der Waals surface area contributed by atoms with Gasteiger partial charge in [0.05, 0.1) is 37.0 Å². The van der Waals surface area contributed by atoms with Crippen LogP contribution in [0.5, 0.6) is 23.0 Å². The molecule has 2 aromatic carbocycles. The van der Waals surface area contributed by atoms with E-state index >= 15 is 0 Å². The average Bonchev–Trinajstić information content (AvgIpc) is 2.69. The summed E-state index contributed by atoms with van der Waals surface area (Å²) in [5, 5.41) is 2.13. The Morgan fingerprint density at radius 2 is 1.00 bits per heavy atom. The van der Waals surface area contributed by atoms with Crippen molar-refractivity contribution in [3.8, 4) is 23.0 Å². The van der Waals surface area contributed by atoms with Gasteiger partial charge in [0, 0.05) is 0 Å². The smallest absolute Gasteiger partial charge is 0.131 e. The Labute approximate surface area is 170 Å². The lowest BCUT2D eigenvalue weighted by atomic mass is 10.3. The second-order valence-corrected chi connectivity index (χ2v) is 7.95. The van der Waals surface area contributed by atoms with Crippen molar-refractivity contribution in [3.63, 3.8) is 0 Å². The van der Waals surface area contributed by atoms with Crippen LogP contribution in [0.2, 0.25) is 0 Å². The molecule has 0 N–H and O–H groups in total. The van der Waals surface area contributed by atoms with Crippen molar-refractivity contribution < 1.29 is 18.9 Å². The van der Waals surface area contributed by atoms with E-state index in [9.17, 15) is 0 Å². The van der Waals surface area contributed by atoms with Crippen LogP contribution in [0.4, 0.5) is 0 Å². The zero-order valence-corrected chi connectivity index (χ0v) is 18.3.